The van der Waals surface area contributed by atoms with E-state index in [0.717, 1.165) is 21.3 Å². The van der Waals surface area contributed by atoms with E-state index in [1.165, 1.54) is 11.3 Å². The molecule has 1 aromatic heterocycles. The third-order valence-corrected chi connectivity index (χ3v) is 4.66. The van der Waals surface area contributed by atoms with Crippen molar-refractivity contribution in [1.29, 1.82) is 0 Å². The fourth-order valence-corrected chi connectivity index (χ4v) is 3.41. The van der Waals surface area contributed by atoms with Crippen LogP contribution in [0.2, 0.25) is 0 Å². The van der Waals surface area contributed by atoms with Crippen LogP contribution in [0, 0.1) is 0 Å². The van der Waals surface area contributed by atoms with E-state index >= 15 is 0 Å². The van der Waals surface area contributed by atoms with Crippen molar-refractivity contribution >= 4 is 38.3 Å². The third-order valence-electron chi connectivity index (χ3n) is 3.41. The number of thiazole rings is 1. The standard InChI is InChI=1S/C18H15BrN2O2S/c1-23-10-13-5-2-3-8-15(13)17(22)21-18-20-16(11-24-18)12-6-4-7-14(19)9-12/h2-9,11H,10H2,1H3,(H,20,21,22). The van der Waals surface area contributed by atoms with E-state index in [2.05, 4.69) is 26.2 Å². The van der Waals surface area contributed by atoms with Gasteiger partial charge in [0, 0.05) is 28.1 Å². The van der Waals surface area contributed by atoms with Crippen LogP contribution in [0.3, 0.4) is 0 Å². The molecule has 2 aromatic carbocycles. The lowest BCUT2D eigenvalue weighted by Crippen LogP contribution is -2.14. The molecule has 0 fully saturated rings. The summed E-state index contributed by atoms with van der Waals surface area (Å²) in [5, 5.41) is 5.36. The normalized spacial score (nSPS) is 10.6. The van der Waals surface area contributed by atoms with Gasteiger partial charge in [0.2, 0.25) is 0 Å². The molecule has 0 aliphatic rings. The van der Waals surface area contributed by atoms with Gasteiger partial charge in [-0.1, -0.05) is 46.3 Å². The molecule has 0 radical (unpaired) electrons. The zero-order valence-corrected chi connectivity index (χ0v) is 15.4. The van der Waals surface area contributed by atoms with Gasteiger partial charge in [-0.2, -0.15) is 0 Å². The summed E-state index contributed by atoms with van der Waals surface area (Å²) < 4.78 is 6.14. The lowest BCUT2D eigenvalue weighted by Gasteiger charge is -2.07. The maximum atomic E-state index is 12.5. The van der Waals surface area contributed by atoms with Gasteiger partial charge in [-0.15, -0.1) is 11.3 Å². The topological polar surface area (TPSA) is 51.2 Å². The Bertz CT molecular complexity index is 863. The van der Waals surface area contributed by atoms with Gasteiger partial charge >= 0.3 is 0 Å². The van der Waals surface area contributed by atoms with E-state index in [-0.39, 0.29) is 5.91 Å². The molecule has 1 amide bonds. The van der Waals surface area contributed by atoms with Gasteiger partial charge in [0.15, 0.2) is 5.13 Å². The molecule has 0 unspecified atom stereocenters. The van der Waals surface area contributed by atoms with Crippen molar-refractivity contribution < 1.29 is 9.53 Å². The van der Waals surface area contributed by atoms with Crippen molar-refractivity contribution in [2.45, 2.75) is 6.61 Å². The average Bonchev–Trinajstić information content (AvgIpc) is 3.04. The van der Waals surface area contributed by atoms with E-state index in [1.54, 1.807) is 13.2 Å². The Labute approximate surface area is 152 Å². The third kappa shape index (κ3) is 3.90. The first-order chi connectivity index (χ1) is 11.7. The van der Waals surface area contributed by atoms with E-state index in [0.29, 0.717) is 17.3 Å². The first-order valence-corrected chi connectivity index (χ1v) is 8.94. The summed E-state index contributed by atoms with van der Waals surface area (Å²) in [5.74, 6) is -0.183. The molecule has 0 aliphatic heterocycles. The Morgan fingerprint density at radius 3 is 2.88 bits per heavy atom. The second kappa shape index (κ2) is 7.70. The molecule has 0 aliphatic carbocycles. The average molecular weight is 403 g/mol. The summed E-state index contributed by atoms with van der Waals surface area (Å²) in [6.45, 7) is 0.394. The number of carbonyl (C=O) groups excluding carboxylic acids is 1. The fraction of sp³-hybridized carbons (Fsp3) is 0.111. The molecule has 6 heteroatoms. The number of methoxy groups -OCH3 is 1. The largest absolute Gasteiger partial charge is 0.380 e. The summed E-state index contributed by atoms with van der Waals surface area (Å²) in [4.78, 5) is 17.0. The van der Waals surface area contributed by atoms with Crippen molar-refractivity contribution in [3.05, 3.63) is 69.5 Å². The van der Waals surface area contributed by atoms with Crippen molar-refractivity contribution in [3.63, 3.8) is 0 Å². The van der Waals surface area contributed by atoms with Crippen molar-refractivity contribution in [2.75, 3.05) is 12.4 Å². The Kier molecular flexibility index (Phi) is 5.40. The molecule has 4 nitrogen and oxygen atoms in total. The van der Waals surface area contributed by atoms with Gasteiger partial charge in [-0.25, -0.2) is 4.98 Å². The molecular formula is C18H15BrN2O2S. The molecule has 0 atom stereocenters. The summed E-state index contributed by atoms with van der Waals surface area (Å²) in [6.07, 6.45) is 0. The van der Waals surface area contributed by atoms with Crippen LogP contribution < -0.4 is 5.32 Å². The molecule has 0 spiro atoms. The lowest BCUT2D eigenvalue weighted by atomic mass is 10.1. The van der Waals surface area contributed by atoms with Crippen LogP contribution in [-0.4, -0.2) is 18.0 Å². The van der Waals surface area contributed by atoms with Gasteiger partial charge < -0.3 is 4.74 Å². The molecule has 24 heavy (non-hydrogen) atoms. The number of hydrogen-bond donors (Lipinski definition) is 1. The Morgan fingerprint density at radius 2 is 2.08 bits per heavy atom. The second-order valence-electron chi connectivity index (χ2n) is 5.09. The van der Waals surface area contributed by atoms with Gasteiger partial charge in [0.1, 0.15) is 0 Å². The minimum Gasteiger partial charge on any atom is -0.380 e. The number of nitrogens with one attached hydrogen (secondary N) is 1. The van der Waals surface area contributed by atoms with Crippen molar-refractivity contribution in [3.8, 4) is 11.3 Å². The molecule has 3 rings (SSSR count). The highest BCUT2D eigenvalue weighted by Crippen LogP contribution is 2.27. The number of ether oxygens (including phenoxy) is 1. The van der Waals surface area contributed by atoms with E-state index in [9.17, 15) is 4.79 Å². The molecule has 0 bridgehead atoms. The molecule has 3 aromatic rings. The van der Waals surface area contributed by atoms with Crippen LogP contribution in [0.25, 0.3) is 11.3 Å². The minimum atomic E-state index is -0.183. The molecule has 1 N–H and O–H groups in total. The van der Waals surface area contributed by atoms with Crippen molar-refractivity contribution in [2.24, 2.45) is 0 Å². The molecule has 0 saturated heterocycles. The number of benzene rings is 2. The fourth-order valence-electron chi connectivity index (χ4n) is 2.30. The number of halogens is 1. The van der Waals surface area contributed by atoms with Gasteiger partial charge in [-0.3, -0.25) is 10.1 Å². The predicted molar refractivity (Wildman–Crippen MR) is 100 cm³/mol. The zero-order valence-electron chi connectivity index (χ0n) is 13.0. The Morgan fingerprint density at radius 1 is 1.25 bits per heavy atom. The van der Waals surface area contributed by atoms with E-state index in [4.69, 9.17) is 4.74 Å². The summed E-state index contributed by atoms with van der Waals surface area (Å²) in [5.41, 5.74) is 3.28. The van der Waals surface area contributed by atoms with Crippen LogP contribution >= 0.6 is 27.3 Å². The summed E-state index contributed by atoms with van der Waals surface area (Å²) >= 11 is 4.86. The smallest absolute Gasteiger partial charge is 0.257 e. The highest BCUT2D eigenvalue weighted by molar-refractivity contribution is 9.10. The van der Waals surface area contributed by atoms with Crippen LogP contribution in [0.15, 0.2) is 58.4 Å². The molecule has 122 valence electrons. The van der Waals surface area contributed by atoms with Crippen LogP contribution in [-0.2, 0) is 11.3 Å². The number of rotatable bonds is 5. The van der Waals surface area contributed by atoms with Crippen LogP contribution in [0.5, 0.6) is 0 Å². The number of nitrogens with zero attached hydrogens (tertiary/aromatic N) is 1. The quantitative estimate of drug-likeness (QED) is 0.655. The zero-order chi connectivity index (χ0) is 16.9. The second-order valence-corrected chi connectivity index (χ2v) is 6.87. The van der Waals surface area contributed by atoms with Crippen LogP contribution in [0.1, 0.15) is 15.9 Å². The molecule has 1 heterocycles. The number of carbonyl (C=O) groups is 1. The number of amides is 1. The van der Waals surface area contributed by atoms with Crippen LogP contribution in [0.4, 0.5) is 5.13 Å². The van der Waals surface area contributed by atoms with Gasteiger partial charge in [0.25, 0.3) is 5.91 Å². The predicted octanol–water partition coefficient (Wildman–Crippen LogP) is 4.97. The van der Waals surface area contributed by atoms with Gasteiger partial charge in [-0.05, 0) is 23.8 Å². The first-order valence-electron chi connectivity index (χ1n) is 7.27. The highest BCUT2D eigenvalue weighted by atomic mass is 79.9. The number of anilines is 1. The highest BCUT2D eigenvalue weighted by Gasteiger charge is 2.13. The maximum absolute atomic E-state index is 12.5. The molecular weight excluding hydrogens is 388 g/mol. The van der Waals surface area contributed by atoms with Crippen molar-refractivity contribution in [1.82, 2.24) is 4.98 Å². The number of hydrogen-bond acceptors (Lipinski definition) is 4. The first kappa shape index (κ1) is 16.8. The SMILES string of the molecule is COCc1ccccc1C(=O)Nc1nc(-c2cccc(Br)c2)cs1. The molecule has 0 saturated carbocycles. The van der Waals surface area contributed by atoms with E-state index < -0.39 is 0 Å². The van der Waals surface area contributed by atoms with Gasteiger partial charge in [0.05, 0.1) is 12.3 Å². The maximum Gasteiger partial charge on any atom is 0.257 e. The Balaban J connectivity index is 1.79. The van der Waals surface area contributed by atoms with E-state index in [1.807, 2.05) is 47.8 Å². The minimum absolute atomic E-state index is 0.183. The number of aromatic nitrogens is 1. The monoisotopic (exact) mass is 402 g/mol. The summed E-state index contributed by atoms with van der Waals surface area (Å²) in [6, 6.07) is 15.3. The Hall–Kier alpha value is -2.02. The lowest BCUT2D eigenvalue weighted by molar-refractivity contribution is 0.102. The summed E-state index contributed by atoms with van der Waals surface area (Å²) in [7, 11) is 1.61.